The number of hydrogen-bond acceptors (Lipinski definition) is 3. The van der Waals surface area contributed by atoms with Gasteiger partial charge >= 0.3 is 0 Å². The molecule has 0 radical (unpaired) electrons. The molecular weight excluding hydrogens is 200 g/mol. The maximum atomic E-state index is 10.2. The molecule has 0 aromatic heterocycles. The van der Waals surface area contributed by atoms with Gasteiger partial charge in [-0.15, -0.1) is 0 Å². The number of unbranched alkanes of at least 4 members (excludes halogenated alkanes) is 1. The SMILES string of the molecule is O=S([O-])CCCCOc1ccccc1. The average Bonchev–Trinajstić information content (AvgIpc) is 2.18. The first-order chi connectivity index (χ1) is 6.79. The van der Waals surface area contributed by atoms with Crippen LogP contribution in [0.3, 0.4) is 0 Å². The van der Waals surface area contributed by atoms with E-state index in [0.717, 1.165) is 12.2 Å². The first kappa shape index (κ1) is 11.2. The summed E-state index contributed by atoms with van der Waals surface area (Å²) in [5, 5.41) is 0. The van der Waals surface area contributed by atoms with Crippen molar-refractivity contribution >= 4 is 11.1 Å². The highest BCUT2D eigenvalue weighted by molar-refractivity contribution is 7.79. The van der Waals surface area contributed by atoms with Crippen molar-refractivity contribution in [3.8, 4) is 5.75 Å². The second kappa shape index (κ2) is 6.56. The summed E-state index contributed by atoms with van der Waals surface area (Å²) in [4.78, 5) is 0. The van der Waals surface area contributed by atoms with Crippen molar-refractivity contribution in [1.29, 1.82) is 0 Å². The van der Waals surface area contributed by atoms with Crippen LogP contribution in [0.4, 0.5) is 0 Å². The minimum atomic E-state index is -1.92. The number of ether oxygens (including phenoxy) is 1. The lowest BCUT2D eigenvalue weighted by molar-refractivity contribution is 0.309. The van der Waals surface area contributed by atoms with E-state index in [-0.39, 0.29) is 5.75 Å². The first-order valence-corrected chi connectivity index (χ1v) is 5.77. The lowest BCUT2D eigenvalue weighted by Gasteiger charge is -2.06. The van der Waals surface area contributed by atoms with Gasteiger partial charge in [0.15, 0.2) is 0 Å². The molecule has 0 N–H and O–H groups in total. The minimum absolute atomic E-state index is 0.220. The third-order valence-corrected chi connectivity index (χ3v) is 2.34. The van der Waals surface area contributed by atoms with Gasteiger partial charge in [-0.3, -0.25) is 4.21 Å². The van der Waals surface area contributed by atoms with E-state index in [1.165, 1.54) is 0 Å². The Morgan fingerprint density at radius 2 is 1.93 bits per heavy atom. The molecule has 1 atom stereocenters. The minimum Gasteiger partial charge on any atom is -0.772 e. The van der Waals surface area contributed by atoms with E-state index in [9.17, 15) is 8.76 Å². The monoisotopic (exact) mass is 213 g/mol. The van der Waals surface area contributed by atoms with Gasteiger partial charge in [-0.05, 0) is 25.0 Å². The van der Waals surface area contributed by atoms with Gasteiger partial charge in [-0.1, -0.05) is 29.3 Å². The Bertz CT molecular complexity index is 274. The quantitative estimate of drug-likeness (QED) is 0.534. The van der Waals surface area contributed by atoms with Crippen molar-refractivity contribution in [3.63, 3.8) is 0 Å². The second-order valence-electron chi connectivity index (χ2n) is 2.88. The van der Waals surface area contributed by atoms with Crippen LogP contribution >= 0.6 is 0 Å². The normalized spacial score (nSPS) is 12.4. The zero-order valence-electron chi connectivity index (χ0n) is 7.85. The Hall–Kier alpha value is -0.870. The van der Waals surface area contributed by atoms with E-state index in [4.69, 9.17) is 4.74 Å². The number of rotatable bonds is 6. The summed E-state index contributed by atoms with van der Waals surface area (Å²) in [5.74, 6) is 1.05. The summed E-state index contributed by atoms with van der Waals surface area (Å²) >= 11 is -1.92. The fourth-order valence-electron chi connectivity index (χ4n) is 1.03. The Morgan fingerprint density at radius 3 is 2.57 bits per heavy atom. The molecule has 0 bridgehead atoms. The molecule has 0 spiro atoms. The summed E-state index contributed by atoms with van der Waals surface area (Å²) in [6.07, 6.45) is 1.42. The van der Waals surface area contributed by atoms with Crippen LogP contribution in [0.2, 0.25) is 0 Å². The molecule has 1 rings (SSSR count). The summed E-state index contributed by atoms with van der Waals surface area (Å²) in [6.45, 7) is 0.571. The van der Waals surface area contributed by atoms with Crippen molar-refractivity contribution in [2.24, 2.45) is 0 Å². The topological polar surface area (TPSA) is 49.4 Å². The summed E-state index contributed by atoms with van der Waals surface area (Å²) in [6, 6.07) is 9.50. The van der Waals surface area contributed by atoms with Crippen LogP contribution in [-0.4, -0.2) is 21.1 Å². The molecule has 0 saturated heterocycles. The largest absolute Gasteiger partial charge is 0.772 e. The van der Waals surface area contributed by atoms with Gasteiger partial charge in [-0.2, -0.15) is 0 Å². The summed E-state index contributed by atoms with van der Waals surface area (Å²) < 4.78 is 25.8. The van der Waals surface area contributed by atoms with Gasteiger partial charge < -0.3 is 9.29 Å². The van der Waals surface area contributed by atoms with Crippen molar-refractivity contribution in [2.45, 2.75) is 12.8 Å². The van der Waals surface area contributed by atoms with Gasteiger partial charge in [0.2, 0.25) is 0 Å². The highest BCUT2D eigenvalue weighted by Gasteiger charge is 1.92. The molecule has 0 aliphatic heterocycles. The molecule has 0 heterocycles. The molecular formula is C10H13O3S-. The van der Waals surface area contributed by atoms with Gasteiger partial charge in [-0.25, -0.2) is 0 Å². The highest BCUT2D eigenvalue weighted by atomic mass is 32.2. The van der Waals surface area contributed by atoms with Gasteiger partial charge in [0.05, 0.1) is 6.61 Å². The molecule has 0 aliphatic rings. The van der Waals surface area contributed by atoms with Crippen molar-refractivity contribution in [2.75, 3.05) is 12.4 Å². The van der Waals surface area contributed by atoms with Crippen molar-refractivity contribution < 1.29 is 13.5 Å². The highest BCUT2D eigenvalue weighted by Crippen LogP contribution is 2.08. The van der Waals surface area contributed by atoms with Crippen LogP contribution in [0.25, 0.3) is 0 Å². The zero-order valence-corrected chi connectivity index (χ0v) is 8.66. The fraction of sp³-hybridized carbons (Fsp3) is 0.400. The Morgan fingerprint density at radius 1 is 1.21 bits per heavy atom. The molecule has 78 valence electrons. The molecule has 0 amide bonds. The molecule has 3 nitrogen and oxygen atoms in total. The maximum Gasteiger partial charge on any atom is 0.119 e. The lowest BCUT2D eigenvalue weighted by Crippen LogP contribution is -2.01. The molecule has 0 saturated carbocycles. The fourth-order valence-corrected chi connectivity index (χ4v) is 1.47. The summed E-state index contributed by atoms with van der Waals surface area (Å²) in [5.41, 5.74) is 0. The van der Waals surface area contributed by atoms with Crippen LogP contribution in [0.5, 0.6) is 5.75 Å². The lowest BCUT2D eigenvalue weighted by atomic mass is 10.3. The van der Waals surface area contributed by atoms with E-state index >= 15 is 0 Å². The van der Waals surface area contributed by atoms with Crippen molar-refractivity contribution in [3.05, 3.63) is 30.3 Å². The van der Waals surface area contributed by atoms with Crippen LogP contribution < -0.4 is 4.74 Å². The van der Waals surface area contributed by atoms with Crippen LogP contribution in [0.15, 0.2) is 30.3 Å². The van der Waals surface area contributed by atoms with Gasteiger partial charge in [0.1, 0.15) is 5.75 Å². The molecule has 1 unspecified atom stereocenters. The van der Waals surface area contributed by atoms with Crippen molar-refractivity contribution in [1.82, 2.24) is 0 Å². The first-order valence-electron chi connectivity index (χ1n) is 4.53. The van der Waals surface area contributed by atoms with Gasteiger partial charge in [0.25, 0.3) is 0 Å². The molecule has 0 fully saturated rings. The number of para-hydroxylation sites is 1. The van der Waals surface area contributed by atoms with E-state index in [2.05, 4.69) is 0 Å². The third kappa shape index (κ3) is 4.99. The van der Waals surface area contributed by atoms with Gasteiger partial charge in [0, 0.05) is 5.75 Å². The molecule has 0 aliphatic carbocycles. The zero-order chi connectivity index (χ0) is 10.2. The molecule has 4 heteroatoms. The van der Waals surface area contributed by atoms with E-state index in [1.807, 2.05) is 30.3 Å². The molecule has 1 aromatic carbocycles. The predicted molar refractivity (Wildman–Crippen MR) is 55.0 cm³/mol. The van der Waals surface area contributed by atoms with E-state index in [0.29, 0.717) is 13.0 Å². The van der Waals surface area contributed by atoms with Crippen LogP contribution in [0.1, 0.15) is 12.8 Å². The van der Waals surface area contributed by atoms with Crippen LogP contribution in [0, 0.1) is 0 Å². The predicted octanol–water partition coefficient (Wildman–Crippen LogP) is 1.72. The summed E-state index contributed by atoms with van der Waals surface area (Å²) in [7, 11) is 0. The Labute approximate surface area is 86.4 Å². The smallest absolute Gasteiger partial charge is 0.119 e. The average molecular weight is 213 g/mol. The Balaban J connectivity index is 2.08. The van der Waals surface area contributed by atoms with Crippen LogP contribution in [-0.2, 0) is 11.1 Å². The standard InChI is InChI=1S/C10H14O3S/c11-14(12)9-5-4-8-13-10-6-2-1-3-7-10/h1-3,6-7H,4-5,8-9H2,(H,11,12)/p-1. The Kier molecular flexibility index (Phi) is 5.25. The number of hydrogen-bond donors (Lipinski definition) is 0. The maximum absolute atomic E-state index is 10.2. The molecule has 1 aromatic rings. The van der Waals surface area contributed by atoms with E-state index in [1.54, 1.807) is 0 Å². The number of benzene rings is 1. The third-order valence-electron chi connectivity index (χ3n) is 1.72. The van der Waals surface area contributed by atoms with E-state index < -0.39 is 11.1 Å². The molecule has 14 heavy (non-hydrogen) atoms. The second-order valence-corrected chi connectivity index (χ2v) is 3.89.